The zero-order valence-electron chi connectivity index (χ0n) is 17.9. The van der Waals surface area contributed by atoms with Crippen molar-refractivity contribution in [3.8, 4) is 0 Å². The minimum absolute atomic E-state index is 0.851. The van der Waals surface area contributed by atoms with E-state index in [1.165, 1.54) is 0 Å². The molecule has 0 radical (unpaired) electrons. The third-order valence-corrected chi connectivity index (χ3v) is 8.43. The largest absolute Gasteiger partial charge is 0.0625 e. The quantitative estimate of drug-likeness (QED) is 0.502. The molecular weight excluding hydrogens is 288 g/mol. The molecule has 140 valence electrons. The van der Waals surface area contributed by atoms with E-state index in [0.717, 1.165) is 58.2 Å². The van der Waals surface area contributed by atoms with Gasteiger partial charge in [-0.25, -0.2) is 0 Å². The number of hydrogen-bond donors (Lipinski definition) is 0. The summed E-state index contributed by atoms with van der Waals surface area (Å²) in [6.07, 6.45) is 9.26. The molecule has 0 aromatic rings. The first kappa shape index (κ1) is 18.8. The second kappa shape index (κ2) is 6.31. The Morgan fingerprint density at radius 1 is 0.542 bits per heavy atom. The van der Waals surface area contributed by atoms with Gasteiger partial charge in [0.15, 0.2) is 0 Å². The van der Waals surface area contributed by atoms with Gasteiger partial charge in [0, 0.05) is 0 Å². The Hall–Kier alpha value is 0. The maximum absolute atomic E-state index is 2.42. The van der Waals surface area contributed by atoms with Crippen LogP contribution in [-0.4, -0.2) is 0 Å². The van der Waals surface area contributed by atoms with Gasteiger partial charge in [-0.3, -0.25) is 0 Å². The summed E-state index contributed by atoms with van der Waals surface area (Å²) in [6.45, 7) is 19.3. The first-order chi connectivity index (χ1) is 11.1. The van der Waals surface area contributed by atoms with Crippen molar-refractivity contribution in [1.82, 2.24) is 0 Å². The lowest BCUT2D eigenvalue weighted by Gasteiger charge is -2.26. The lowest BCUT2D eigenvalue weighted by molar-refractivity contribution is 0.235. The van der Waals surface area contributed by atoms with E-state index in [9.17, 15) is 0 Å². The summed E-state index contributed by atoms with van der Waals surface area (Å²) >= 11 is 0. The summed E-state index contributed by atoms with van der Waals surface area (Å²) in [7, 11) is 0. The van der Waals surface area contributed by atoms with Gasteiger partial charge in [0.2, 0.25) is 0 Å². The average molecular weight is 333 g/mol. The number of rotatable bonds is 4. The van der Waals surface area contributed by atoms with Crippen LogP contribution in [0.3, 0.4) is 0 Å². The standard InChI is InChI=1S/C13H24.C11H20/c1-9(2)11-7-13(5-6-13)8-12(11)10(3)4;1-7(2)9-10(8(3)4)11(9)5-6-11/h9-12H,5-8H2,1-4H3;7-10H,5-6H2,1-4H3. The summed E-state index contributed by atoms with van der Waals surface area (Å²) in [5.41, 5.74) is 1.73. The zero-order valence-corrected chi connectivity index (χ0v) is 17.9. The van der Waals surface area contributed by atoms with E-state index < -0.39 is 0 Å². The van der Waals surface area contributed by atoms with Crippen molar-refractivity contribution in [3.63, 3.8) is 0 Å². The molecular formula is C24H44. The average Bonchev–Trinajstić information content (AvgIpc) is 3.37. The highest BCUT2D eigenvalue weighted by Gasteiger charge is 2.72. The van der Waals surface area contributed by atoms with Crippen LogP contribution in [0.4, 0.5) is 0 Å². The molecule has 4 aliphatic rings. The van der Waals surface area contributed by atoms with Crippen molar-refractivity contribution in [1.29, 1.82) is 0 Å². The fourth-order valence-corrected chi connectivity index (χ4v) is 6.96. The Morgan fingerprint density at radius 2 is 0.917 bits per heavy atom. The molecule has 0 N–H and O–H groups in total. The Labute approximate surface area is 152 Å². The summed E-state index contributed by atoms with van der Waals surface area (Å²) in [5.74, 6) is 7.92. The summed E-state index contributed by atoms with van der Waals surface area (Å²) in [5, 5.41) is 0. The maximum atomic E-state index is 2.42. The minimum atomic E-state index is 0.851. The molecule has 0 heterocycles. The highest BCUT2D eigenvalue weighted by molar-refractivity contribution is 5.20. The van der Waals surface area contributed by atoms with Gasteiger partial charge < -0.3 is 0 Å². The van der Waals surface area contributed by atoms with Crippen LogP contribution < -0.4 is 0 Å². The molecule has 4 fully saturated rings. The smallest absolute Gasteiger partial charge is 0.0230 e. The van der Waals surface area contributed by atoms with Crippen LogP contribution in [0.25, 0.3) is 0 Å². The van der Waals surface area contributed by atoms with Crippen molar-refractivity contribution in [3.05, 3.63) is 0 Å². The van der Waals surface area contributed by atoms with E-state index in [2.05, 4.69) is 55.4 Å². The molecule has 0 amide bonds. The van der Waals surface area contributed by atoms with Crippen molar-refractivity contribution in [2.24, 2.45) is 58.2 Å². The summed E-state index contributed by atoms with van der Waals surface area (Å²) < 4.78 is 0. The molecule has 0 aliphatic heterocycles. The molecule has 0 nitrogen and oxygen atoms in total. The van der Waals surface area contributed by atoms with Crippen LogP contribution in [-0.2, 0) is 0 Å². The van der Waals surface area contributed by atoms with Crippen LogP contribution in [0.5, 0.6) is 0 Å². The van der Waals surface area contributed by atoms with Gasteiger partial charge in [0.05, 0.1) is 0 Å². The summed E-state index contributed by atoms with van der Waals surface area (Å²) in [4.78, 5) is 0. The molecule has 0 aromatic carbocycles. The molecule has 4 aliphatic carbocycles. The van der Waals surface area contributed by atoms with Crippen molar-refractivity contribution in [2.45, 2.75) is 93.9 Å². The molecule has 2 spiro atoms. The van der Waals surface area contributed by atoms with Crippen LogP contribution in [0.2, 0.25) is 0 Å². The van der Waals surface area contributed by atoms with E-state index in [1.807, 2.05) is 0 Å². The maximum Gasteiger partial charge on any atom is -0.0230 e. The molecule has 4 atom stereocenters. The Morgan fingerprint density at radius 3 is 1.08 bits per heavy atom. The Balaban J connectivity index is 0.000000143. The molecule has 4 unspecified atom stereocenters. The Kier molecular flexibility index (Phi) is 4.94. The minimum Gasteiger partial charge on any atom is -0.0625 e. The van der Waals surface area contributed by atoms with Crippen LogP contribution >= 0.6 is 0 Å². The van der Waals surface area contributed by atoms with Gasteiger partial charge in [-0.15, -0.1) is 0 Å². The monoisotopic (exact) mass is 332 g/mol. The predicted octanol–water partition coefficient (Wildman–Crippen LogP) is 7.43. The number of hydrogen-bond acceptors (Lipinski definition) is 0. The highest BCUT2D eigenvalue weighted by Crippen LogP contribution is 2.78. The molecule has 0 bridgehead atoms. The van der Waals surface area contributed by atoms with Crippen LogP contribution in [0, 0.1) is 58.2 Å². The van der Waals surface area contributed by atoms with Crippen molar-refractivity contribution < 1.29 is 0 Å². The zero-order chi connectivity index (χ0) is 17.9. The second-order valence-corrected chi connectivity index (χ2v) is 11.5. The van der Waals surface area contributed by atoms with E-state index in [1.54, 1.807) is 38.5 Å². The first-order valence-corrected chi connectivity index (χ1v) is 11.1. The Bertz CT molecular complexity index is 399. The fraction of sp³-hybridized carbons (Fsp3) is 1.00. The third-order valence-electron chi connectivity index (χ3n) is 8.43. The molecule has 24 heavy (non-hydrogen) atoms. The van der Waals surface area contributed by atoms with Crippen LogP contribution in [0.1, 0.15) is 93.9 Å². The van der Waals surface area contributed by atoms with Crippen molar-refractivity contribution >= 4 is 0 Å². The van der Waals surface area contributed by atoms with Crippen LogP contribution in [0.15, 0.2) is 0 Å². The van der Waals surface area contributed by atoms with E-state index in [-0.39, 0.29) is 0 Å². The summed E-state index contributed by atoms with van der Waals surface area (Å²) in [6, 6.07) is 0. The van der Waals surface area contributed by atoms with E-state index in [4.69, 9.17) is 0 Å². The SMILES string of the molecule is CC(C)C1C(C(C)C)C12CC2.CC(C)C1CC2(CC2)CC1C(C)C. The molecule has 0 saturated heterocycles. The van der Waals surface area contributed by atoms with Gasteiger partial charge in [-0.1, -0.05) is 55.4 Å². The van der Waals surface area contributed by atoms with Gasteiger partial charge >= 0.3 is 0 Å². The fourth-order valence-electron chi connectivity index (χ4n) is 6.96. The third kappa shape index (κ3) is 3.33. The van der Waals surface area contributed by atoms with Gasteiger partial charge in [-0.2, -0.15) is 0 Å². The second-order valence-electron chi connectivity index (χ2n) is 11.5. The van der Waals surface area contributed by atoms with Gasteiger partial charge in [0.1, 0.15) is 0 Å². The predicted molar refractivity (Wildman–Crippen MR) is 106 cm³/mol. The normalized spacial score (nSPS) is 37.5. The lowest BCUT2D eigenvalue weighted by Crippen LogP contribution is -2.18. The first-order valence-electron chi connectivity index (χ1n) is 11.1. The topological polar surface area (TPSA) is 0 Å². The van der Waals surface area contributed by atoms with Crippen molar-refractivity contribution in [2.75, 3.05) is 0 Å². The van der Waals surface area contributed by atoms with E-state index >= 15 is 0 Å². The molecule has 4 rings (SSSR count). The van der Waals surface area contributed by atoms with Gasteiger partial charge in [0.25, 0.3) is 0 Å². The van der Waals surface area contributed by atoms with E-state index in [0.29, 0.717) is 0 Å². The van der Waals surface area contributed by atoms with Gasteiger partial charge in [-0.05, 0) is 96.7 Å². The molecule has 0 aromatic heterocycles. The lowest BCUT2D eigenvalue weighted by atomic mass is 9.80. The highest BCUT2D eigenvalue weighted by atomic mass is 14.8. The molecule has 4 saturated carbocycles. The molecule has 0 heteroatoms.